The van der Waals surface area contributed by atoms with Crippen LogP contribution in [0.5, 0.6) is 0 Å². The van der Waals surface area contributed by atoms with E-state index >= 15 is 0 Å². The molecule has 1 unspecified atom stereocenters. The first-order valence-corrected chi connectivity index (χ1v) is 11.9. The lowest BCUT2D eigenvalue weighted by molar-refractivity contribution is -0.136. The van der Waals surface area contributed by atoms with Crippen LogP contribution in [0.4, 0.5) is 4.39 Å². The second-order valence-electron chi connectivity index (χ2n) is 8.89. The first-order valence-electron chi connectivity index (χ1n) is 11.9. The van der Waals surface area contributed by atoms with Crippen molar-refractivity contribution in [1.82, 2.24) is 9.47 Å². The average Bonchev–Trinajstić information content (AvgIpc) is 3.25. The Morgan fingerprint density at radius 1 is 1.03 bits per heavy atom. The van der Waals surface area contributed by atoms with E-state index in [0.29, 0.717) is 13.1 Å². The summed E-state index contributed by atoms with van der Waals surface area (Å²) in [5.74, 6) is -0.113. The van der Waals surface area contributed by atoms with Gasteiger partial charge in [0.2, 0.25) is 5.91 Å². The normalized spacial score (nSPS) is 15.4. The van der Waals surface area contributed by atoms with Gasteiger partial charge in [-0.15, -0.1) is 0 Å². The number of carbonyl (C=O) groups is 1. The standard InChI is InChI=1S/C28H33FN2O/c1-2-27(23-12-5-3-6-13-23)28(32)31(25-15-7-4-8-16-25)21-26-17-10-18-30(26)20-22-11-9-14-24(29)19-22/h3,5-6,9-14,17-19,25,27H,2,4,7-8,15-16,20-21H2,1H3. The van der Waals surface area contributed by atoms with E-state index in [1.807, 2.05) is 36.5 Å². The summed E-state index contributed by atoms with van der Waals surface area (Å²) in [6, 6.07) is 21.3. The quantitative estimate of drug-likeness (QED) is 0.397. The molecule has 0 radical (unpaired) electrons. The van der Waals surface area contributed by atoms with E-state index in [0.717, 1.165) is 36.1 Å². The highest BCUT2D eigenvalue weighted by Gasteiger charge is 2.31. The molecule has 3 nitrogen and oxygen atoms in total. The van der Waals surface area contributed by atoms with Crippen LogP contribution in [0, 0.1) is 5.82 Å². The lowest BCUT2D eigenvalue weighted by atomic mass is 9.90. The first kappa shape index (κ1) is 22.3. The van der Waals surface area contributed by atoms with Gasteiger partial charge in [-0.25, -0.2) is 4.39 Å². The molecule has 1 fully saturated rings. The van der Waals surface area contributed by atoms with Gasteiger partial charge in [-0.1, -0.05) is 68.7 Å². The van der Waals surface area contributed by atoms with Gasteiger partial charge in [-0.3, -0.25) is 4.79 Å². The molecule has 1 saturated carbocycles. The number of carbonyl (C=O) groups excluding carboxylic acids is 1. The van der Waals surface area contributed by atoms with E-state index in [4.69, 9.17) is 0 Å². The second kappa shape index (κ2) is 10.6. The van der Waals surface area contributed by atoms with Crippen molar-refractivity contribution in [2.75, 3.05) is 0 Å². The monoisotopic (exact) mass is 432 g/mol. The highest BCUT2D eigenvalue weighted by molar-refractivity contribution is 5.84. The number of benzene rings is 2. The molecule has 1 aromatic heterocycles. The number of halogens is 1. The number of amides is 1. The van der Waals surface area contributed by atoms with Gasteiger partial charge in [0.1, 0.15) is 5.82 Å². The van der Waals surface area contributed by atoms with E-state index < -0.39 is 0 Å². The van der Waals surface area contributed by atoms with Crippen LogP contribution in [-0.4, -0.2) is 21.4 Å². The minimum atomic E-state index is -0.219. The molecule has 1 heterocycles. The summed E-state index contributed by atoms with van der Waals surface area (Å²) in [6.45, 7) is 3.29. The van der Waals surface area contributed by atoms with Crippen molar-refractivity contribution in [1.29, 1.82) is 0 Å². The van der Waals surface area contributed by atoms with Gasteiger partial charge in [0.05, 0.1) is 12.5 Å². The number of aromatic nitrogens is 1. The molecule has 0 spiro atoms. The van der Waals surface area contributed by atoms with Crippen molar-refractivity contribution in [2.24, 2.45) is 0 Å². The van der Waals surface area contributed by atoms with Crippen molar-refractivity contribution in [2.45, 2.75) is 70.5 Å². The molecule has 0 N–H and O–H groups in total. The fraction of sp³-hybridized carbons (Fsp3) is 0.393. The third kappa shape index (κ3) is 5.29. The zero-order chi connectivity index (χ0) is 22.3. The van der Waals surface area contributed by atoms with Crippen molar-refractivity contribution in [3.05, 3.63) is 95.6 Å². The summed E-state index contributed by atoms with van der Waals surface area (Å²) < 4.78 is 15.8. The first-order chi connectivity index (χ1) is 15.7. The molecule has 0 bridgehead atoms. The Morgan fingerprint density at radius 3 is 2.53 bits per heavy atom. The molecule has 1 aliphatic rings. The highest BCUT2D eigenvalue weighted by atomic mass is 19.1. The van der Waals surface area contributed by atoms with Crippen molar-refractivity contribution in [3.8, 4) is 0 Å². The fourth-order valence-corrected chi connectivity index (χ4v) is 4.97. The second-order valence-corrected chi connectivity index (χ2v) is 8.89. The zero-order valence-corrected chi connectivity index (χ0v) is 18.9. The highest BCUT2D eigenvalue weighted by Crippen LogP contribution is 2.30. The van der Waals surface area contributed by atoms with Gasteiger partial charge in [-0.05, 0) is 54.7 Å². The van der Waals surface area contributed by atoms with Crippen LogP contribution in [0.25, 0.3) is 0 Å². The summed E-state index contributed by atoms with van der Waals surface area (Å²) in [5, 5.41) is 0. The number of nitrogens with zero attached hydrogens (tertiary/aromatic N) is 2. The maximum Gasteiger partial charge on any atom is 0.230 e. The van der Waals surface area contributed by atoms with Crippen molar-refractivity contribution < 1.29 is 9.18 Å². The van der Waals surface area contributed by atoms with Gasteiger partial charge in [0.15, 0.2) is 0 Å². The van der Waals surface area contributed by atoms with E-state index in [-0.39, 0.29) is 23.7 Å². The van der Waals surface area contributed by atoms with E-state index in [1.165, 1.54) is 25.3 Å². The van der Waals surface area contributed by atoms with Crippen molar-refractivity contribution in [3.63, 3.8) is 0 Å². The Morgan fingerprint density at radius 2 is 1.81 bits per heavy atom. The molecule has 32 heavy (non-hydrogen) atoms. The maximum atomic E-state index is 13.9. The SMILES string of the molecule is CCC(C(=O)N(Cc1cccn1Cc1cccc(F)c1)C1CCCCC1)c1ccccc1. The molecule has 1 aliphatic carbocycles. The maximum absolute atomic E-state index is 13.9. The summed E-state index contributed by atoms with van der Waals surface area (Å²) in [7, 11) is 0. The average molecular weight is 433 g/mol. The predicted molar refractivity (Wildman–Crippen MR) is 127 cm³/mol. The molecule has 1 atom stereocenters. The summed E-state index contributed by atoms with van der Waals surface area (Å²) in [6.07, 6.45) is 8.57. The molecule has 2 aromatic carbocycles. The Hall–Kier alpha value is -2.88. The number of hydrogen-bond acceptors (Lipinski definition) is 1. The van der Waals surface area contributed by atoms with Crippen LogP contribution in [0.1, 0.15) is 68.2 Å². The van der Waals surface area contributed by atoms with Crippen LogP contribution in [0.3, 0.4) is 0 Å². The van der Waals surface area contributed by atoms with Crippen LogP contribution in [0.15, 0.2) is 72.9 Å². The molecule has 0 aliphatic heterocycles. The molecule has 0 saturated heterocycles. The topological polar surface area (TPSA) is 25.2 Å². The fourth-order valence-electron chi connectivity index (χ4n) is 4.97. The van der Waals surface area contributed by atoms with E-state index in [9.17, 15) is 9.18 Å². The third-order valence-corrected chi connectivity index (χ3v) is 6.70. The summed E-state index contributed by atoms with van der Waals surface area (Å²) in [4.78, 5) is 16.0. The van der Waals surface area contributed by atoms with Crippen LogP contribution in [0.2, 0.25) is 0 Å². The predicted octanol–water partition coefficient (Wildman–Crippen LogP) is 6.53. The minimum Gasteiger partial charge on any atom is -0.345 e. The van der Waals surface area contributed by atoms with Crippen LogP contribution in [-0.2, 0) is 17.9 Å². The Bertz CT molecular complexity index is 1010. The molecule has 4 heteroatoms. The van der Waals surface area contributed by atoms with Gasteiger partial charge in [-0.2, -0.15) is 0 Å². The van der Waals surface area contributed by atoms with Gasteiger partial charge >= 0.3 is 0 Å². The molecule has 1 amide bonds. The smallest absolute Gasteiger partial charge is 0.230 e. The van der Waals surface area contributed by atoms with Crippen molar-refractivity contribution >= 4 is 5.91 Å². The molecule has 168 valence electrons. The van der Waals surface area contributed by atoms with Crippen LogP contribution < -0.4 is 0 Å². The molecule has 4 rings (SSSR count). The van der Waals surface area contributed by atoms with Gasteiger partial charge in [0.25, 0.3) is 0 Å². The lowest BCUT2D eigenvalue weighted by Crippen LogP contribution is -2.43. The van der Waals surface area contributed by atoms with Gasteiger partial charge in [0, 0.05) is 24.5 Å². The summed E-state index contributed by atoms with van der Waals surface area (Å²) in [5.41, 5.74) is 3.11. The zero-order valence-electron chi connectivity index (χ0n) is 18.9. The molecule has 3 aromatic rings. The Labute approximate surface area is 190 Å². The molecular formula is C28H33FN2O. The summed E-state index contributed by atoms with van der Waals surface area (Å²) >= 11 is 0. The Balaban J connectivity index is 1.59. The minimum absolute atomic E-state index is 0.121. The van der Waals surface area contributed by atoms with Crippen LogP contribution >= 0.6 is 0 Å². The largest absolute Gasteiger partial charge is 0.345 e. The number of rotatable bonds is 8. The van der Waals surface area contributed by atoms with E-state index in [1.54, 1.807) is 12.1 Å². The molecular weight excluding hydrogens is 399 g/mol. The lowest BCUT2D eigenvalue weighted by Gasteiger charge is -2.37. The third-order valence-electron chi connectivity index (χ3n) is 6.70. The number of hydrogen-bond donors (Lipinski definition) is 0. The Kier molecular flexibility index (Phi) is 7.41. The van der Waals surface area contributed by atoms with E-state index in [2.05, 4.69) is 34.6 Å². The van der Waals surface area contributed by atoms with Gasteiger partial charge < -0.3 is 9.47 Å².